The molecule has 1 heterocycles. The van der Waals surface area contributed by atoms with Crippen molar-refractivity contribution >= 4 is 11.7 Å². The predicted molar refractivity (Wildman–Crippen MR) is 96.4 cm³/mol. The van der Waals surface area contributed by atoms with Crippen molar-refractivity contribution < 1.29 is 9.53 Å². The Morgan fingerprint density at radius 2 is 1.96 bits per heavy atom. The van der Waals surface area contributed by atoms with E-state index in [1.807, 2.05) is 49.1 Å². The van der Waals surface area contributed by atoms with Gasteiger partial charge in [-0.05, 0) is 61.7 Å². The lowest BCUT2D eigenvalue weighted by molar-refractivity contribution is 0.190. The minimum Gasteiger partial charge on any atom is -0.496 e. The number of nitrogens with zero attached hydrogens (tertiary/aromatic N) is 2. The molecule has 0 spiro atoms. The van der Waals surface area contributed by atoms with Gasteiger partial charge in [-0.15, -0.1) is 0 Å². The van der Waals surface area contributed by atoms with Crippen LogP contribution in [0.4, 0.5) is 10.5 Å². The molecule has 24 heavy (non-hydrogen) atoms. The third-order valence-corrected chi connectivity index (χ3v) is 4.10. The number of aromatic nitrogens is 1. The standard InChI is InChI=1S/C19H25N3O2/c1-5-17(15-9-11-20-12-10-15)22(6-2)19(23)21-16-7-8-18(24-4)14(3)13-16/h7-13,17H,5-6H2,1-4H3,(H,21,23)/t17-/m0/s1. The second kappa shape index (κ2) is 8.34. The van der Waals surface area contributed by atoms with Crippen LogP contribution >= 0.6 is 0 Å². The lowest BCUT2D eigenvalue weighted by Gasteiger charge is -2.30. The molecule has 0 saturated heterocycles. The maximum absolute atomic E-state index is 12.8. The number of aryl methyl sites for hydroxylation is 1. The quantitative estimate of drug-likeness (QED) is 0.855. The molecule has 0 unspecified atom stereocenters. The van der Waals surface area contributed by atoms with E-state index in [4.69, 9.17) is 4.74 Å². The average molecular weight is 327 g/mol. The summed E-state index contributed by atoms with van der Waals surface area (Å²) in [6.07, 6.45) is 4.36. The summed E-state index contributed by atoms with van der Waals surface area (Å²) < 4.78 is 5.26. The summed E-state index contributed by atoms with van der Waals surface area (Å²) in [5.41, 5.74) is 2.84. The summed E-state index contributed by atoms with van der Waals surface area (Å²) >= 11 is 0. The van der Waals surface area contributed by atoms with Crippen LogP contribution in [0.3, 0.4) is 0 Å². The maximum atomic E-state index is 12.8. The van der Waals surface area contributed by atoms with E-state index in [2.05, 4.69) is 17.2 Å². The van der Waals surface area contributed by atoms with Crippen molar-refractivity contribution in [2.75, 3.05) is 19.0 Å². The number of hydrogen-bond acceptors (Lipinski definition) is 3. The Hall–Kier alpha value is -2.56. The molecule has 1 aromatic heterocycles. The Morgan fingerprint density at radius 1 is 1.25 bits per heavy atom. The third kappa shape index (κ3) is 4.04. The normalized spacial score (nSPS) is 11.7. The Morgan fingerprint density at radius 3 is 2.50 bits per heavy atom. The van der Waals surface area contributed by atoms with Gasteiger partial charge in [-0.25, -0.2) is 4.79 Å². The van der Waals surface area contributed by atoms with Crippen LogP contribution in [0.25, 0.3) is 0 Å². The van der Waals surface area contributed by atoms with Crippen LogP contribution < -0.4 is 10.1 Å². The molecule has 0 radical (unpaired) electrons. The summed E-state index contributed by atoms with van der Waals surface area (Å²) in [5, 5.41) is 2.99. The molecule has 1 aromatic carbocycles. The van der Waals surface area contributed by atoms with E-state index in [9.17, 15) is 4.79 Å². The van der Waals surface area contributed by atoms with Gasteiger partial charge >= 0.3 is 6.03 Å². The second-order valence-electron chi connectivity index (χ2n) is 5.61. The molecule has 0 saturated carbocycles. The van der Waals surface area contributed by atoms with Crippen LogP contribution in [0.1, 0.15) is 37.4 Å². The fourth-order valence-electron chi connectivity index (χ4n) is 2.88. The van der Waals surface area contributed by atoms with Crippen molar-refractivity contribution in [3.05, 3.63) is 53.9 Å². The highest BCUT2D eigenvalue weighted by atomic mass is 16.5. The molecule has 1 N–H and O–H groups in total. The molecule has 2 rings (SSSR count). The number of urea groups is 1. The first-order valence-corrected chi connectivity index (χ1v) is 8.22. The molecule has 0 bridgehead atoms. The molecular formula is C19H25N3O2. The summed E-state index contributed by atoms with van der Waals surface area (Å²) in [5.74, 6) is 0.809. The van der Waals surface area contributed by atoms with Gasteiger partial charge in [-0.2, -0.15) is 0 Å². The van der Waals surface area contributed by atoms with Gasteiger partial charge in [0.2, 0.25) is 0 Å². The lowest BCUT2D eigenvalue weighted by Crippen LogP contribution is -2.37. The Bertz CT molecular complexity index is 674. The van der Waals surface area contributed by atoms with Gasteiger partial charge in [0.1, 0.15) is 5.75 Å². The van der Waals surface area contributed by atoms with Crippen molar-refractivity contribution in [1.82, 2.24) is 9.88 Å². The maximum Gasteiger partial charge on any atom is 0.322 e. The number of nitrogens with one attached hydrogen (secondary N) is 1. The molecule has 128 valence electrons. The van der Waals surface area contributed by atoms with Crippen LogP contribution in [0, 0.1) is 6.92 Å². The summed E-state index contributed by atoms with van der Waals surface area (Å²) in [6.45, 7) is 6.65. The fourth-order valence-corrected chi connectivity index (χ4v) is 2.88. The molecule has 0 aliphatic rings. The Balaban J connectivity index is 2.17. The number of ether oxygens (including phenoxy) is 1. The van der Waals surface area contributed by atoms with Gasteiger partial charge < -0.3 is 15.0 Å². The third-order valence-electron chi connectivity index (χ3n) is 4.10. The van der Waals surface area contributed by atoms with Crippen molar-refractivity contribution in [3.63, 3.8) is 0 Å². The number of pyridine rings is 1. The number of amides is 2. The Labute approximate surface area is 143 Å². The van der Waals surface area contributed by atoms with Gasteiger partial charge in [0.05, 0.1) is 13.2 Å². The molecule has 5 heteroatoms. The summed E-state index contributed by atoms with van der Waals surface area (Å²) in [6, 6.07) is 9.47. The zero-order valence-electron chi connectivity index (χ0n) is 14.7. The summed E-state index contributed by atoms with van der Waals surface area (Å²) in [4.78, 5) is 18.6. The first-order valence-electron chi connectivity index (χ1n) is 8.22. The highest BCUT2D eigenvalue weighted by Crippen LogP contribution is 2.26. The van der Waals surface area contributed by atoms with Crippen molar-refractivity contribution in [1.29, 1.82) is 0 Å². The fraction of sp³-hybridized carbons (Fsp3) is 0.368. The smallest absolute Gasteiger partial charge is 0.322 e. The zero-order valence-corrected chi connectivity index (χ0v) is 14.7. The molecule has 5 nitrogen and oxygen atoms in total. The van der Waals surface area contributed by atoms with E-state index in [1.165, 1.54) is 0 Å². The molecule has 2 aromatic rings. The monoisotopic (exact) mass is 327 g/mol. The van der Waals surface area contributed by atoms with Gasteiger partial charge in [-0.1, -0.05) is 6.92 Å². The van der Waals surface area contributed by atoms with E-state index in [0.717, 1.165) is 29.0 Å². The number of hydrogen-bond donors (Lipinski definition) is 1. The number of benzene rings is 1. The van der Waals surface area contributed by atoms with Crippen LogP contribution in [0.2, 0.25) is 0 Å². The number of methoxy groups -OCH3 is 1. The Kier molecular flexibility index (Phi) is 6.18. The van der Waals surface area contributed by atoms with Gasteiger partial charge in [0.25, 0.3) is 0 Å². The highest BCUT2D eigenvalue weighted by Gasteiger charge is 2.22. The molecule has 1 atom stereocenters. The van der Waals surface area contributed by atoms with E-state index in [-0.39, 0.29) is 12.1 Å². The van der Waals surface area contributed by atoms with E-state index in [1.54, 1.807) is 19.5 Å². The molecule has 0 aliphatic heterocycles. The molecule has 0 aliphatic carbocycles. The van der Waals surface area contributed by atoms with Crippen LogP contribution in [-0.2, 0) is 0 Å². The van der Waals surface area contributed by atoms with E-state index in [0.29, 0.717) is 6.54 Å². The first kappa shape index (κ1) is 17.8. The average Bonchev–Trinajstić information content (AvgIpc) is 2.60. The van der Waals surface area contributed by atoms with E-state index < -0.39 is 0 Å². The number of carbonyl (C=O) groups excluding carboxylic acids is 1. The number of anilines is 1. The number of carbonyl (C=O) groups is 1. The van der Waals surface area contributed by atoms with Crippen molar-refractivity contribution in [2.45, 2.75) is 33.2 Å². The van der Waals surface area contributed by atoms with Gasteiger partial charge in [0, 0.05) is 24.6 Å². The number of rotatable bonds is 6. The SMILES string of the molecule is CC[C@@H](c1ccncc1)N(CC)C(=O)Nc1ccc(OC)c(C)c1. The topological polar surface area (TPSA) is 54.5 Å². The van der Waals surface area contributed by atoms with Gasteiger partial charge in [0.15, 0.2) is 0 Å². The minimum atomic E-state index is -0.106. The van der Waals surface area contributed by atoms with Gasteiger partial charge in [-0.3, -0.25) is 4.98 Å². The zero-order chi connectivity index (χ0) is 17.5. The van der Waals surface area contributed by atoms with Crippen molar-refractivity contribution in [2.24, 2.45) is 0 Å². The van der Waals surface area contributed by atoms with Crippen LogP contribution in [-0.4, -0.2) is 29.6 Å². The lowest BCUT2D eigenvalue weighted by atomic mass is 10.0. The minimum absolute atomic E-state index is 0.0253. The first-order chi connectivity index (χ1) is 11.6. The molecular weight excluding hydrogens is 302 g/mol. The molecule has 2 amide bonds. The molecule has 0 fully saturated rings. The van der Waals surface area contributed by atoms with Crippen molar-refractivity contribution in [3.8, 4) is 5.75 Å². The van der Waals surface area contributed by atoms with Crippen LogP contribution in [0.5, 0.6) is 5.75 Å². The highest BCUT2D eigenvalue weighted by molar-refractivity contribution is 5.89. The van der Waals surface area contributed by atoms with Crippen LogP contribution in [0.15, 0.2) is 42.7 Å². The largest absolute Gasteiger partial charge is 0.496 e. The second-order valence-corrected chi connectivity index (χ2v) is 5.61. The van der Waals surface area contributed by atoms with E-state index >= 15 is 0 Å². The summed E-state index contributed by atoms with van der Waals surface area (Å²) in [7, 11) is 1.64. The predicted octanol–water partition coefficient (Wildman–Crippen LogP) is 4.40.